The zero-order valence-electron chi connectivity index (χ0n) is 26.0. The Hall–Kier alpha value is -3.78. The number of carbonyl (C=O) groups is 3. The van der Waals surface area contributed by atoms with Crippen molar-refractivity contribution >= 4 is 36.1 Å². The summed E-state index contributed by atoms with van der Waals surface area (Å²) in [5.74, 6) is -0.295. The van der Waals surface area contributed by atoms with Crippen LogP contribution in [-0.2, 0) is 20.3 Å². The molecule has 3 N–H and O–H groups in total. The summed E-state index contributed by atoms with van der Waals surface area (Å²) in [6.45, 7) is 2.71. The van der Waals surface area contributed by atoms with E-state index in [9.17, 15) is 28.7 Å². The lowest BCUT2D eigenvalue weighted by molar-refractivity contribution is -0.147. The van der Waals surface area contributed by atoms with E-state index in [-0.39, 0.29) is 35.5 Å². The summed E-state index contributed by atoms with van der Waals surface area (Å²) in [6.07, 6.45) is 7.10. The molecule has 3 aromatic carbocycles. The molecule has 3 fully saturated rings. The zero-order chi connectivity index (χ0) is 32.2. The van der Waals surface area contributed by atoms with Gasteiger partial charge in [-0.1, -0.05) is 66.2 Å². The molecule has 2 saturated heterocycles. The highest BCUT2D eigenvalue weighted by Crippen LogP contribution is 2.54. The largest absolute Gasteiger partial charge is 0.340 e. The average Bonchev–Trinajstić information content (AvgIpc) is 3.52. The van der Waals surface area contributed by atoms with Gasteiger partial charge in [0.1, 0.15) is 12.1 Å². The van der Waals surface area contributed by atoms with Crippen LogP contribution in [0.1, 0.15) is 79.3 Å². The van der Waals surface area contributed by atoms with Crippen LogP contribution in [0.15, 0.2) is 78.4 Å². The Morgan fingerprint density at radius 2 is 1.74 bits per heavy atom. The number of hydrogen-bond acceptors (Lipinski definition) is 4. The molecule has 1 saturated carbocycles. The van der Waals surface area contributed by atoms with E-state index in [0.717, 1.165) is 30.2 Å². The first-order valence-electron chi connectivity index (χ1n) is 16.2. The van der Waals surface area contributed by atoms with E-state index >= 15 is 0 Å². The van der Waals surface area contributed by atoms with Crippen LogP contribution >= 0.6 is 7.60 Å². The van der Waals surface area contributed by atoms with Crippen LogP contribution < -0.4 is 5.32 Å². The molecule has 3 heterocycles. The van der Waals surface area contributed by atoms with Gasteiger partial charge in [0.2, 0.25) is 11.8 Å². The van der Waals surface area contributed by atoms with Crippen molar-refractivity contribution in [3.63, 3.8) is 0 Å². The highest BCUT2D eigenvalue weighted by atomic mass is 31.2. The van der Waals surface area contributed by atoms with Crippen molar-refractivity contribution in [1.82, 2.24) is 15.1 Å². The SMILES string of the molecule is C/C1=C/[C@H]2CC[C@@H](C(=O)N3CC(c4ccccc4)CC34CC4)N2C(=O)[C@@H](NC(=O)c2ccc3ccc(CP(=O)(O)O)cc3c2)CC1. The molecule has 3 aliphatic heterocycles. The number of carbonyl (C=O) groups excluding carboxylic acids is 3. The Morgan fingerprint density at radius 1 is 0.978 bits per heavy atom. The lowest BCUT2D eigenvalue weighted by atomic mass is 9.96. The highest BCUT2D eigenvalue weighted by molar-refractivity contribution is 7.50. The van der Waals surface area contributed by atoms with Gasteiger partial charge in [-0.05, 0) is 85.9 Å². The standard InChI is InChI=1S/C36H40N3O6P/c1-23-7-13-31(37-33(40)27-11-10-26-9-8-24(18-28(26)19-27)22-46(43,44)45)34(41)39-30(17-23)12-14-32(39)35(42)38-21-29(20-36(38)15-16-36)25-5-3-2-4-6-25/h2-6,8-11,17-19,29-32H,7,12-16,20-22H2,1H3,(H,37,40)(H2,43,44,45)/b23-17-/t29?,30-,31+,32+/m1/s1. The van der Waals surface area contributed by atoms with Crippen LogP contribution in [0, 0.1) is 0 Å². The van der Waals surface area contributed by atoms with E-state index in [1.54, 1.807) is 41.3 Å². The van der Waals surface area contributed by atoms with Crippen molar-refractivity contribution < 1.29 is 28.7 Å². The molecular formula is C36H40N3O6P. The summed E-state index contributed by atoms with van der Waals surface area (Å²) in [6, 6.07) is 19.1. The number of rotatable bonds is 6. The minimum Gasteiger partial charge on any atom is -0.340 e. The van der Waals surface area contributed by atoms with Gasteiger partial charge in [0.15, 0.2) is 0 Å². The third-order valence-electron chi connectivity index (χ3n) is 10.4. The second-order valence-electron chi connectivity index (χ2n) is 13.7. The van der Waals surface area contributed by atoms with Gasteiger partial charge < -0.3 is 24.9 Å². The molecule has 1 unspecified atom stereocenters. The Morgan fingerprint density at radius 3 is 2.48 bits per heavy atom. The number of benzene rings is 3. The fourth-order valence-corrected chi connectivity index (χ4v) is 8.59. The van der Waals surface area contributed by atoms with Crippen molar-refractivity contribution in [3.8, 4) is 0 Å². The second kappa shape index (κ2) is 11.8. The van der Waals surface area contributed by atoms with Crippen LogP contribution in [0.5, 0.6) is 0 Å². The first-order valence-corrected chi connectivity index (χ1v) is 18.0. The highest BCUT2D eigenvalue weighted by Gasteiger charge is 2.58. The number of likely N-dealkylation sites (tertiary alicyclic amines) is 1. The lowest BCUT2D eigenvalue weighted by Crippen LogP contribution is -2.57. The van der Waals surface area contributed by atoms with Gasteiger partial charge in [0, 0.05) is 23.6 Å². The summed E-state index contributed by atoms with van der Waals surface area (Å²) >= 11 is 0. The minimum absolute atomic E-state index is 0.0316. The smallest absolute Gasteiger partial charge is 0.329 e. The summed E-state index contributed by atoms with van der Waals surface area (Å²) in [7, 11) is -4.24. The molecule has 3 aromatic rings. The van der Waals surface area contributed by atoms with Gasteiger partial charge in [0.05, 0.1) is 12.2 Å². The summed E-state index contributed by atoms with van der Waals surface area (Å²) < 4.78 is 11.5. The normalized spacial score (nSPS) is 26.8. The van der Waals surface area contributed by atoms with Gasteiger partial charge in [0.25, 0.3) is 5.91 Å². The number of fused-ring (bicyclic) bond motifs is 2. The first-order chi connectivity index (χ1) is 22.0. The molecule has 9 nitrogen and oxygen atoms in total. The number of amides is 3. The Kier molecular flexibility index (Phi) is 7.90. The predicted octanol–water partition coefficient (Wildman–Crippen LogP) is 5.26. The fraction of sp³-hybridized carbons (Fsp3) is 0.417. The summed E-state index contributed by atoms with van der Waals surface area (Å²) in [5.41, 5.74) is 3.12. The Labute approximate surface area is 268 Å². The third-order valence-corrected chi connectivity index (χ3v) is 11.2. The van der Waals surface area contributed by atoms with Crippen molar-refractivity contribution in [3.05, 3.63) is 95.1 Å². The van der Waals surface area contributed by atoms with E-state index in [1.807, 2.05) is 25.1 Å². The molecule has 0 aromatic heterocycles. The van der Waals surface area contributed by atoms with Gasteiger partial charge in [-0.25, -0.2) is 0 Å². The average molecular weight is 642 g/mol. The molecule has 0 radical (unpaired) electrons. The lowest BCUT2D eigenvalue weighted by Gasteiger charge is -2.36. The van der Waals surface area contributed by atoms with Gasteiger partial charge in [-0.3, -0.25) is 18.9 Å². The van der Waals surface area contributed by atoms with Gasteiger partial charge in [-0.2, -0.15) is 0 Å². The molecule has 3 amide bonds. The van der Waals surface area contributed by atoms with Crippen LogP contribution in [0.25, 0.3) is 10.8 Å². The van der Waals surface area contributed by atoms with E-state index in [0.29, 0.717) is 48.7 Å². The molecular weight excluding hydrogens is 601 g/mol. The van der Waals surface area contributed by atoms with Crippen LogP contribution in [0.2, 0.25) is 0 Å². The minimum atomic E-state index is -4.24. The predicted molar refractivity (Wildman–Crippen MR) is 175 cm³/mol. The van der Waals surface area contributed by atoms with Gasteiger partial charge >= 0.3 is 7.60 Å². The van der Waals surface area contributed by atoms with Gasteiger partial charge in [-0.15, -0.1) is 0 Å². The molecule has 4 atom stereocenters. The monoisotopic (exact) mass is 641 g/mol. The molecule has 240 valence electrons. The van der Waals surface area contributed by atoms with E-state index in [2.05, 4.69) is 28.4 Å². The third kappa shape index (κ3) is 6.04. The maximum atomic E-state index is 14.3. The van der Waals surface area contributed by atoms with Crippen molar-refractivity contribution in [1.29, 1.82) is 0 Å². The van der Waals surface area contributed by atoms with Crippen molar-refractivity contribution in [2.75, 3.05) is 6.54 Å². The zero-order valence-corrected chi connectivity index (χ0v) is 26.9. The molecule has 4 aliphatic rings. The molecule has 7 rings (SSSR count). The number of nitrogens with zero attached hydrogens (tertiary/aromatic N) is 2. The molecule has 10 heteroatoms. The molecule has 1 aliphatic carbocycles. The van der Waals surface area contributed by atoms with E-state index in [4.69, 9.17) is 0 Å². The van der Waals surface area contributed by atoms with Crippen LogP contribution in [0.3, 0.4) is 0 Å². The van der Waals surface area contributed by atoms with Crippen molar-refractivity contribution in [2.45, 2.75) is 87.6 Å². The molecule has 1 spiro atoms. The molecule has 46 heavy (non-hydrogen) atoms. The number of nitrogens with one attached hydrogen (secondary N) is 1. The van der Waals surface area contributed by atoms with E-state index < -0.39 is 25.6 Å². The topological polar surface area (TPSA) is 127 Å². The maximum Gasteiger partial charge on any atom is 0.329 e. The Bertz CT molecular complexity index is 1780. The summed E-state index contributed by atoms with van der Waals surface area (Å²) in [5, 5.41) is 4.50. The number of allylic oxidation sites excluding steroid dienone is 1. The second-order valence-corrected chi connectivity index (χ2v) is 15.3. The number of hydrogen-bond donors (Lipinski definition) is 3. The van der Waals surface area contributed by atoms with Crippen LogP contribution in [0.4, 0.5) is 0 Å². The van der Waals surface area contributed by atoms with E-state index in [1.165, 1.54) is 5.56 Å². The molecule has 0 bridgehead atoms. The quantitative estimate of drug-likeness (QED) is 0.249. The van der Waals surface area contributed by atoms with Crippen LogP contribution in [-0.4, -0.2) is 67.5 Å². The summed E-state index contributed by atoms with van der Waals surface area (Å²) in [4.78, 5) is 64.8. The maximum absolute atomic E-state index is 14.3. The Balaban J connectivity index is 1.11. The fourth-order valence-electron chi connectivity index (χ4n) is 7.92. The van der Waals surface area contributed by atoms with Crippen molar-refractivity contribution in [2.24, 2.45) is 0 Å². The first kappa shape index (κ1) is 30.9.